The highest BCUT2D eigenvalue weighted by Gasteiger charge is 2.31. The quantitative estimate of drug-likeness (QED) is 0.414. The monoisotopic (exact) mass is 370 g/mol. The Bertz CT molecular complexity index is 1140. The maximum atomic E-state index is 12.9. The van der Waals surface area contributed by atoms with Gasteiger partial charge in [0.2, 0.25) is 5.95 Å². The molecule has 5 rings (SSSR count). The molecule has 4 aromatic rings. The predicted octanol–water partition coefficient (Wildman–Crippen LogP) is 3.81. The SMILES string of the molecule is O=C1c2cccc3cccc(c23)C(=O)N1CCCNc1nc2ccccc2[nH]1. The number of anilines is 1. The molecular weight excluding hydrogens is 352 g/mol. The molecule has 6 heteroatoms. The second-order valence-electron chi connectivity index (χ2n) is 6.85. The lowest BCUT2D eigenvalue weighted by molar-refractivity contribution is 0.0610. The molecule has 0 spiro atoms. The lowest BCUT2D eigenvalue weighted by Gasteiger charge is -2.27. The van der Waals surface area contributed by atoms with E-state index in [0.717, 1.165) is 21.8 Å². The predicted molar refractivity (Wildman–Crippen MR) is 109 cm³/mol. The van der Waals surface area contributed by atoms with Crippen molar-refractivity contribution in [2.24, 2.45) is 0 Å². The molecular formula is C22H18N4O2. The number of imidazole rings is 1. The van der Waals surface area contributed by atoms with Crippen LogP contribution in [0.4, 0.5) is 5.95 Å². The van der Waals surface area contributed by atoms with Crippen LogP contribution in [0.15, 0.2) is 60.7 Å². The van der Waals surface area contributed by atoms with Gasteiger partial charge in [-0.15, -0.1) is 0 Å². The Morgan fingerprint density at radius 1 is 0.893 bits per heavy atom. The number of rotatable bonds is 5. The van der Waals surface area contributed by atoms with E-state index < -0.39 is 0 Å². The summed E-state index contributed by atoms with van der Waals surface area (Å²) in [4.78, 5) is 34.7. The number of carbonyl (C=O) groups is 2. The largest absolute Gasteiger partial charge is 0.356 e. The first-order chi connectivity index (χ1) is 13.7. The van der Waals surface area contributed by atoms with Crippen LogP contribution in [0.2, 0.25) is 0 Å². The van der Waals surface area contributed by atoms with Gasteiger partial charge in [-0.05, 0) is 36.1 Å². The van der Waals surface area contributed by atoms with Gasteiger partial charge in [0.25, 0.3) is 11.8 Å². The average molecular weight is 370 g/mol. The fraction of sp³-hybridized carbons (Fsp3) is 0.136. The number of benzene rings is 3. The number of fused-ring (bicyclic) bond motifs is 1. The number of hydrogen-bond acceptors (Lipinski definition) is 4. The molecule has 2 heterocycles. The molecule has 0 aliphatic carbocycles. The molecule has 3 aromatic carbocycles. The highest BCUT2D eigenvalue weighted by atomic mass is 16.2. The number of H-pyrrole nitrogens is 1. The first-order valence-corrected chi connectivity index (χ1v) is 9.29. The zero-order valence-corrected chi connectivity index (χ0v) is 15.1. The lowest BCUT2D eigenvalue weighted by atomic mass is 9.94. The summed E-state index contributed by atoms with van der Waals surface area (Å²) in [5.74, 6) is 0.240. The van der Waals surface area contributed by atoms with Crippen molar-refractivity contribution in [3.63, 3.8) is 0 Å². The topological polar surface area (TPSA) is 78.1 Å². The minimum atomic E-state index is -0.224. The van der Waals surface area contributed by atoms with Crippen LogP contribution < -0.4 is 5.32 Å². The smallest absolute Gasteiger partial charge is 0.261 e. The maximum absolute atomic E-state index is 12.9. The van der Waals surface area contributed by atoms with E-state index >= 15 is 0 Å². The summed E-state index contributed by atoms with van der Waals surface area (Å²) in [6, 6.07) is 19.0. The van der Waals surface area contributed by atoms with Crippen LogP contribution in [0.25, 0.3) is 21.8 Å². The van der Waals surface area contributed by atoms with Gasteiger partial charge < -0.3 is 10.3 Å². The molecule has 0 radical (unpaired) electrons. The van der Waals surface area contributed by atoms with E-state index in [2.05, 4.69) is 15.3 Å². The average Bonchev–Trinajstić information content (AvgIpc) is 3.14. The van der Waals surface area contributed by atoms with Gasteiger partial charge in [-0.2, -0.15) is 0 Å². The molecule has 0 saturated carbocycles. The molecule has 28 heavy (non-hydrogen) atoms. The Kier molecular flexibility index (Phi) is 3.83. The molecule has 2 N–H and O–H groups in total. The first-order valence-electron chi connectivity index (χ1n) is 9.29. The fourth-order valence-corrected chi connectivity index (χ4v) is 3.76. The number of aromatic nitrogens is 2. The molecule has 6 nitrogen and oxygen atoms in total. The van der Waals surface area contributed by atoms with E-state index in [1.807, 2.05) is 48.5 Å². The number of carbonyl (C=O) groups excluding carboxylic acids is 2. The summed E-state index contributed by atoms with van der Waals surface area (Å²) in [6.45, 7) is 0.957. The molecule has 138 valence electrons. The van der Waals surface area contributed by atoms with Gasteiger partial charge in [0, 0.05) is 29.6 Å². The molecule has 1 aromatic heterocycles. The number of para-hydroxylation sites is 2. The molecule has 2 amide bonds. The first kappa shape index (κ1) is 16.5. The van der Waals surface area contributed by atoms with Crippen molar-refractivity contribution in [2.75, 3.05) is 18.4 Å². The Morgan fingerprint density at radius 3 is 2.32 bits per heavy atom. The number of hydrogen-bond donors (Lipinski definition) is 2. The Hall–Kier alpha value is -3.67. The van der Waals surface area contributed by atoms with Gasteiger partial charge >= 0.3 is 0 Å². The Labute approximate surface area is 161 Å². The summed E-state index contributed by atoms with van der Waals surface area (Å²) in [5.41, 5.74) is 3.06. The van der Waals surface area contributed by atoms with Crippen LogP contribution in [0, 0.1) is 0 Å². The standard InChI is InChI=1S/C22H18N4O2/c27-20-15-8-3-6-14-7-4-9-16(19(14)15)21(28)26(20)13-5-12-23-22-24-17-10-1-2-11-18(17)25-22/h1-4,6-11H,5,12-13H2,(H2,23,24,25). The highest BCUT2D eigenvalue weighted by molar-refractivity contribution is 6.25. The van der Waals surface area contributed by atoms with E-state index in [4.69, 9.17) is 0 Å². The third kappa shape index (κ3) is 2.62. The van der Waals surface area contributed by atoms with Crippen molar-refractivity contribution in [1.82, 2.24) is 14.9 Å². The van der Waals surface area contributed by atoms with Crippen LogP contribution in [-0.2, 0) is 0 Å². The second-order valence-corrected chi connectivity index (χ2v) is 6.85. The van der Waals surface area contributed by atoms with Gasteiger partial charge in [0.1, 0.15) is 0 Å². The van der Waals surface area contributed by atoms with Crippen molar-refractivity contribution in [3.8, 4) is 0 Å². The molecule has 1 aliphatic heterocycles. The molecule has 0 atom stereocenters. The number of nitrogens with one attached hydrogen (secondary N) is 2. The number of amides is 2. The number of imide groups is 1. The van der Waals surface area contributed by atoms with Crippen molar-refractivity contribution in [1.29, 1.82) is 0 Å². The van der Waals surface area contributed by atoms with Gasteiger partial charge in [0.05, 0.1) is 11.0 Å². The minimum absolute atomic E-state index is 0.224. The summed E-state index contributed by atoms with van der Waals surface area (Å²) in [5, 5.41) is 4.91. The second kappa shape index (κ2) is 6.49. The summed E-state index contributed by atoms with van der Waals surface area (Å²) in [6.07, 6.45) is 0.632. The van der Waals surface area contributed by atoms with Crippen molar-refractivity contribution in [2.45, 2.75) is 6.42 Å². The Balaban J connectivity index is 1.29. The Morgan fingerprint density at radius 2 is 1.61 bits per heavy atom. The van der Waals surface area contributed by atoms with Crippen LogP contribution in [-0.4, -0.2) is 39.8 Å². The minimum Gasteiger partial charge on any atom is -0.356 e. The van der Waals surface area contributed by atoms with Crippen molar-refractivity contribution in [3.05, 3.63) is 71.8 Å². The molecule has 1 aliphatic rings. The maximum Gasteiger partial charge on any atom is 0.261 e. The molecule has 0 unspecified atom stereocenters. The number of aromatic amines is 1. The zero-order valence-electron chi connectivity index (χ0n) is 15.1. The third-order valence-electron chi connectivity index (χ3n) is 5.10. The van der Waals surface area contributed by atoms with E-state index in [0.29, 0.717) is 36.6 Å². The molecule has 0 fully saturated rings. The van der Waals surface area contributed by atoms with Gasteiger partial charge in [-0.25, -0.2) is 4.98 Å². The number of nitrogens with zero attached hydrogens (tertiary/aromatic N) is 2. The van der Waals surface area contributed by atoms with E-state index in [9.17, 15) is 9.59 Å². The molecule has 0 bridgehead atoms. The van der Waals surface area contributed by atoms with Gasteiger partial charge in [-0.3, -0.25) is 14.5 Å². The van der Waals surface area contributed by atoms with Crippen LogP contribution >= 0.6 is 0 Å². The molecule has 0 saturated heterocycles. The highest BCUT2D eigenvalue weighted by Crippen LogP contribution is 2.29. The van der Waals surface area contributed by atoms with Gasteiger partial charge in [-0.1, -0.05) is 36.4 Å². The van der Waals surface area contributed by atoms with Crippen LogP contribution in [0.1, 0.15) is 27.1 Å². The van der Waals surface area contributed by atoms with E-state index in [1.54, 1.807) is 12.1 Å². The van der Waals surface area contributed by atoms with Gasteiger partial charge in [0.15, 0.2) is 0 Å². The normalized spacial score (nSPS) is 13.5. The fourth-order valence-electron chi connectivity index (χ4n) is 3.76. The van der Waals surface area contributed by atoms with Crippen LogP contribution in [0.3, 0.4) is 0 Å². The summed E-state index contributed by atoms with van der Waals surface area (Å²) in [7, 11) is 0. The summed E-state index contributed by atoms with van der Waals surface area (Å²) >= 11 is 0. The summed E-state index contributed by atoms with van der Waals surface area (Å²) < 4.78 is 0. The van der Waals surface area contributed by atoms with E-state index in [-0.39, 0.29) is 11.8 Å². The van der Waals surface area contributed by atoms with Crippen molar-refractivity contribution >= 4 is 39.6 Å². The van der Waals surface area contributed by atoms with Crippen LogP contribution in [0.5, 0.6) is 0 Å². The van der Waals surface area contributed by atoms with Crippen molar-refractivity contribution < 1.29 is 9.59 Å². The lowest BCUT2D eigenvalue weighted by Crippen LogP contribution is -2.41. The zero-order chi connectivity index (χ0) is 19.1. The van der Waals surface area contributed by atoms with E-state index in [1.165, 1.54) is 4.90 Å². The third-order valence-corrected chi connectivity index (χ3v) is 5.10.